The van der Waals surface area contributed by atoms with Crippen LogP contribution in [-0.4, -0.2) is 77.4 Å². The Morgan fingerprint density at radius 1 is 1.24 bits per heavy atom. The van der Waals surface area contributed by atoms with Crippen molar-refractivity contribution in [3.8, 4) is 0 Å². The lowest BCUT2D eigenvalue weighted by Crippen LogP contribution is -2.52. The number of hydrogen-bond acceptors (Lipinski definition) is 7. The van der Waals surface area contributed by atoms with Gasteiger partial charge >= 0.3 is 0 Å². The van der Waals surface area contributed by atoms with E-state index in [1.54, 1.807) is 6.92 Å². The maximum atomic E-state index is 12.0. The molecule has 0 spiro atoms. The van der Waals surface area contributed by atoms with Crippen molar-refractivity contribution >= 4 is 16.2 Å². The monoisotopic (exact) mass is 316 g/mol. The van der Waals surface area contributed by atoms with Crippen LogP contribution in [0.25, 0.3) is 0 Å². The summed E-state index contributed by atoms with van der Waals surface area (Å²) in [5.74, 6) is 0.770. The summed E-state index contributed by atoms with van der Waals surface area (Å²) < 4.78 is 26.7. The zero-order valence-corrected chi connectivity index (χ0v) is 13.2. The highest BCUT2D eigenvalue weighted by molar-refractivity contribution is 7.86. The van der Waals surface area contributed by atoms with E-state index in [4.69, 9.17) is 0 Å². The van der Waals surface area contributed by atoms with Crippen molar-refractivity contribution in [2.75, 3.05) is 45.2 Å². The van der Waals surface area contributed by atoms with Crippen LogP contribution in [0.1, 0.15) is 18.9 Å². The summed E-state index contributed by atoms with van der Waals surface area (Å²) in [6.45, 7) is 3.32. The number of aliphatic hydroxyl groups excluding tert-OH is 1. The van der Waals surface area contributed by atoms with E-state index in [0.29, 0.717) is 38.0 Å². The van der Waals surface area contributed by atoms with E-state index in [1.807, 2.05) is 4.90 Å². The maximum absolute atomic E-state index is 12.0. The van der Waals surface area contributed by atoms with E-state index in [9.17, 15) is 13.5 Å². The van der Waals surface area contributed by atoms with Gasteiger partial charge in [0.2, 0.25) is 5.95 Å². The van der Waals surface area contributed by atoms with E-state index in [0.717, 1.165) is 0 Å². The minimum atomic E-state index is -3.38. The largest absolute Gasteiger partial charge is 0.385 e. The number of hydrogen-bond donors (Lipinski definition) is 1. The first-order chi connectivity index (χ1) is 9.82. The lowest BCUT2D eigenvalue weighted by atomic mass is 10.3. The van der Waals surface area contributed by atoms with Gasteiger partial charge in [0.05, 0.1) is 0 Å². The Kier molecular flexibility index (Phi) is 4.71. The van der Waals surface area contributed by atoms with Crippen LogP contribution in [0.3, 0.4) is 0 Å². The van der Waals surface area contributed by atoms with Gasteiger partial charge in [-0.1, -0.05) is 0 Å². The molecule has 0 radical (unpaired) electrons. The van der Waals surface area contributed by atoms with E-state index >= 15 is 0 Å². The summed E-state index contributed by atoms with van der Waals surface area (Å²) >= 11 is 0. The van der Waals surface area contributed by atoms with Gasteiger partial charge in [0.15, 0.2) is 5.82 Å². The lowest BCUT2D eigenvalue weighted by Gasteiger charge is -2.35. The van der Waals surface area contributed by atoms with Crippen LogP contribution < -0.4 is 4.90 Å². The minimum Gasteiger partial charge on any atom is -0.385 e. The summed E-state index contributed by atoms with van der Waals surface area (Å²) in [5.41, 5.74) is 0. The van der Waals surface area contributed by atoms with E-state index in [-0.39, 0.29) is 0 Å². The summed E-state index contributed by atoms with van der Waals surface area (Å²) in [6.07, 6.45) is 0.593. The fourth-order valence-electron chi connectivity index (χ4n) is 2.00. The smallest absolute Gasteiger partial charge is 0.281 e. The Morgan fingerprint density at radius 2 is 1.86 bits per heavy atom. The highest BCUT2D eigenvalue weighted by Crippen LogP contribution is 2.15. The second-order valence-electron chi connectivity index (χ2n) is 5.00. The molecule has 1 aliphatic heterocycles. The molecule has 0 amide bonds. The molecule has 1 atom stereocenters. The third kappa shape index (κ3) is 3.46. The first-order valence-corrected chi connectivity index (χ1v) is 8.01. The third-order valence-corrected chi connectivity index (χ3v) is 5.20. The van der Waals surface area contributed by atoms with Crippen molar-refractivity contribution in [1.82, 2.24) is 23.6 Å². The molecule has 0 aliphatic carbocycles. The fraction of sp³-hybridized carbons (Fsp3) is 0.727. The van der Waals surface area contributed by atoms with Crippen LogP contribution in [0.5, 0.6) is 0 Å². The molecule has 9 nitrogen and oxygen atoms in total. The van der Waals surface area contributed by atoms with Gasteiger partial charge < -0.3 is 10.0 Å². The van der Waals surface area contributed by atoms with Crippen LogP contribution in [0.15, 0.2) is 6.33 Å². The van der Waals surface area contributed by atoms with Crippen LogP contribution in [0.4, 0.5) is 5.95 Å². The zero-order chi connectivity index (χ0) is 15.6. The minimum absolute atomic E-state index is 0.309. The Bertz CT molecular complexity index is 583. The van der Waals surface area contributed by atoms with Crippen LogP contribution in [0.2, 0.25) is 0 Å². The summed E-state index contributed by atoms with van der Waals surface area (Å²) in [6, 6.07) is 0. The summed E-state index contributed by atoms with van der Waals surface area (Å²) in [7, 11) is -0.347. The third-order valence-electron chi connectivity index (χ3n) is 3.26. The van der Waals surface area contributed by atoms with Crippen molar-refractivity contribution in [3.05, 3.63) is 12.2 Å². The Labute approximate surface area is 124 Å². The quantitative estimate of drug-likeness (QED) is 0.748. The van der Waals surface area contributed by atoms with Gasteiger partial charge in [-0.25, -0.2) is 9.97 Å². The van der Waals surface area contributed by atoms with Crippen LogP contribution in [-0.2, 0) is 10.2 Å². The molecule has 0 saturated carbocycles. The summed E-state index contributed by atoms with van der Waals surface area (Å²) in [5, 5.41) is 9.49. The van der Waals surface area contributed by atoms with Gasteiger partial charge in [0, 0.05) is 40.3 Å². The van der Waals surface area contributed by atoms with Crippen LogP contribution >= 0.6 is 0 Å². The van der Waals surface area contributed by atoms with Gasteiger partial charge in [0.1, 0.15) is 12.4 Å². The van der Waals surface area contributed by atoms with Crippen molar-refractivity contribution in [3.63, 3.8) is 0 Å². The van der Waals surface area contributed by atoms with Gasteiger partial charge in [-0.3, -0.25) is 0 Å². The first-order valence-electron chi connectivity index (χ1n) is 6.62. The molecular formula is C11H20N6O3S. The molecule has 1 unspecified atom stereocenters. The number of rotatable bonds is 4. The molecule has 0 bridgehead atoms. The van der Waals surface area contributed by atoms with Crippen molar-refractivity contribution in [2.24, 2.45) is 0 Å². The maximum Gasteiger partial charge on any atom is 0.281 e. The number of anilines is 1. The van der Waals surface area contributed by atoms with E-state index < -0.39 is 16.3 Å². The first kappa shape index (κ1) is 16.0. The SMILES string of the molecule is CC(O)c1ncnc(N2CCN(S(=O)(=O)N(C)C)CC2)n1. The predicted molar refractivity (Wildman–Crippen MR) is 76.9 cm³/mol. The molecule has 2 rings (SSSR count). The number of nitrogens with zero attached hydrogens (tertiary/aromatic N) is 6. The molecule has 1 saturated heterocycles. The Balaban J connectivity index is 2.06. The highest BCUT2D eigenvalue weighted by Gasteiger charge is 2.29. The van der Waals surface area contributed by atoms with Gasteiger partial charge in [-0.15, -0.1) is 0 Å². The van der Waals surface area contributed by atoms with Crippen LogP contribution in [0, 0.1) is 0 Å². The molecule has 1 aromatic heterocycles. The molecule has 21 heavy (non-hydrogen) atoms. The average molecular weight is 316 g/mol. The van der Waals surface area contributed by atoms with Gasteiger partial charge in [-0.05, 0) is 6.92 Å². The molecule has 1 aliphatic rings. The Hall–Kier alpha value is -1.36. The molecule has 0 aromatic carbocycles. The average Bonchev–Trinajstić information content (AvgIpc) is 2.47. The molecule has 1 fully saturated rings. The molecule has 2 heterocycles. The topological polar surface area (TPSA) is 103 Å². The zero-order valence-electron chi connectivity index (χ0n) is 12.3. The van der Waals surface area contributed by atoms with Crippen molar-refractivity contribution in [2.45, 2.75) is 13.0 Å². The van der Waals surface area contributed by atoms with Crippen molar-refractivity contribution < 1.29 is 13.5 Å². The highest BCUT2D eigenvalue weighted by atomic mass is 32.2. The number of aliphatic hydroxyl groups is 1. The van der Waals surface area contributed by atoms with E-state index in [2.05, 4.69) is 15.0 Å². The lowest BCUT2D eigenvalue weighted by molar-refractivity contribution is 0.188. The number of piperazine rings is 1. The number of aromatic nitrogens is 3. The van der Waals surface area contributed by atoms with Crippen molar-refractivity contribution in [1.29, 1.82) is 0 Å². The second-order valence-corrected chi connectivity index (χ2v) is 7.14. The predicted octanol–water partition coefficient (Wildman–Crippen LogP) is -1.15. The molecule has 10 heteroatoms. The van der Waals surface area contributed by atoms with E-state index in [1.165, 1.54) is 29.0 Å². The second kappa shape index (κ2) is 6.18. The van der Waals surface area contributed by atoms with Gasteiger partial charge in [-0.2, -0.15) is 22.0 Å². The standard InChI is InChI=1S/C11H20N6O3S/c1-9(18)10-12-8-13-11(14-10)16-4-6-17(7-5-16)21(19,20)15(2)3/h8-9,18H,4-7H2,1-3H3. The molecular weight excluding hydrogens is 296 g/mol. The molecule has 118 valence electrons. The Morgan fingerprint density at radius 3 is 2.38 bits per heavy atom. The normalized spacial score (nSPS) is 19.0. The van der Waals surface area contributed by atoms with Gasteiger partial charge in [0.25, 0.3) is 10.2 Å². The molecule has 1 aromatic rings. The summed E-state index contributed by atoms with van der Waals surface area (Å²) in [4.78, 5) is 14.1. The fourth-order valence-corrected chi connectivity index (χ4v) is 3.09. The molecule has 1 N–H and O–H groups in total.